The van der Waals surface area contributed by atoms with Gasteiger partial charge in [0.1, 0.15) is 12.6 Å². The Morgan fingerprint density at radius 2 is 2.18 bits per heavy atom. The highest BCUT2D eigenvalue weighted by Gasteiger charge is 2.32. The monoisotopic (exact) mass is 243 g/mol. The van der Waals surface area contributed by atoms with Crippen molar-refractivity contribution in [1.82, 2.24) is 10.2 Å². The van der Waals surface area contributed by atoms with Gasteiger partial charge in [-0.15, -0.1) is 0 Å². The molecule has 1 aliphatic heterocycles. The molecule has 0 bridgehead atoms. The largest absolute Gasteiger partial charge is 0.375 e. The summed E-state index contributed by atoms with van der Waals surface area (Å²) in [5.41, 5.74) is 5.19. The second-order valence-electron chi connectivity index (χ2n) is 3.86. The van der Waals surface area contributed by atoms with Crippen LogP contribution in [-0.2, 0) is 19.1 Å². The minimum atomic E-state index is -0.540. The molecule has 1 fully saturated rings. The summed E-state index contributed by atoms with van der Waals surface area (Å²) < 4.78 is 4.61. The zero-order chi connectivity index (χ0) is 12.8. The van der Waals surface area contributed by atoms with Gasteiger partial charge in [-0.05, 0) is 12.8 Å². The van der Waals surface area contributed by atoms with Crippen molar-refractivity contribution >= 4 is 17.7 Å². The van der Waals surface area contributed by atoms with Crippen LogP contribution >= 0.6 is 0 Å². The Morgan fingerprint density at radius 3 is 2.76 bits per heavy atom. The predicted octanol–water partition coefficient (Wildman–Crippen LogP) is -1.77. The first kappa shape index (κ1) is 13.4. The van der Waals surface area contributed by atoms with Crippen molar-refractivity contribution in [3.63, 3.8) is 0 Å². The maximum Gasteiger partial charge on any atom is 0.246 e. The summed E-state index contributed by atoms with van der Waals surface area (Å²) in [6.07, 6.45) is 1.35. The van der Waals surface area contributed by atoms with Crippen LogP contribution in [0.4, 0.5) is 0 Å². The maximum absolute atomic E-state index is 11.7. The van der Waals surface area contributed by atoms with Crippen LogP contribution in [-0.4, -0.2) is 55.5 Å². The van der Waals surface area contributed by atoms with Gasteiger partial charge in [-0.3, -0.25) is 14.4 Å². The summed E-state index contributed by atoms with van der Waals surface area (Å²) in [5, 5.41) is 2.41. The molecule has 0 spiro atoms. The van der Waals surface area contributed by atoms with Gasteiger partial charge in [0.15, 0.2) is 0 Å². The van der Waals surface area contributed by atoms with E-state index in [1.807, 2.05) is 0 Å². The zero-order valence-corrected chi connectivity index (χ0v) is 9.77. The topological polar surface area (TPSA) is 102 Å². The number of likely N-dealkylation sites (tertiary alicyclic amines) is 1. The van der Waals surface area contributed by atoms with Gasteiger partial charge in [-0.1, -0.05) is 0 Å². The molecule has 7 nitrogen and oxygen atoms in total. The number of carbonyl (C=O) groups is 3. The third-order valence-electron chi connectivity index (χ3n) is 2.61. The Hall–Kier alpha value is -1.63. The van der Waals surface area contributed by atoms with Gasteiger partial charge in [0.25, 0.3) is 0 Å². The maximum atomic E-state index is 11.7. The smallest absolute Gasteiger partial charge is 0.246 e. The second kappa shape index (κ2) is 6.19. The molecule has 17 heavy (non-hydrogen) atoms. The van der Waals surface area contributed by atoms with Gasteiger partial charge in [-0.25, -0.2) is 0 Å². The zero-order valence-electron chi connectivity index (χ0n) is 9.77. The first-order chi connectivity index (χ1) is 8.06. The van der Waals surface area contributed by atoms with Gasteiger partial charge >= 0.3 is 0 Å². The quantitative estimate of drug-likeness (QED) is 0.596. The lowest BCUT2D eigenvalue weighted by atomic mass is 10.2. The summed E-state index contributed by atoms with van der Waals surface area (Å²) in [6, 6.07) is -0.540. The number of nitrogens with zero attached hydrogens (tertiary/aromatic N) is 1. The number of rotatable bonds is 5. The highest BCUT2D eigenvalue weighted by atomic mass is 16.5. The Morgan fingerprint density at radius 1 is 1.47 bits per heavy atom. The molecule has 0 aliphatic carbocycles. The lowest BCUT2D eigenvalue weighted by Crippen LogP contribution is -2.47. The highest BCUT2D eigenvalue weighted by molar-refractivity contribution is 5.90. The minimum absolute atomic E-state index is 0.0907. The Kier molecular flexibility index (Phi) is 4.89. The van der Waals surface area contributed by atoms with E-state index in [9.17, 15) is 14.4 Å². The van der Waals surface area contributed by atoms with Crippen LogP contribution in [0.1, 0.15) is 12.8 Å². The molecule has 0 radical (unpaired) electrons. The standard InChI is InChI=1S/C10H17N3O4/c1-17-6-8(14)12-5-9(15)13-4-2-3-7(13)10(11)16/h7H,2-6H2,1H3,(H2,11,16)(H,12,14). The van der Waals surface area contributed by atoms with E-state index in [1.165, 1.54) is 12.0 Å². The Labute approximate surface area is 99.3 Å². The minimum Gasteiger partial charge on any atom is -0.375 e. The summed E-state index contributed by atoms with van der Waals surface area (Å²) >= 11 is 0. The van der Waals surface area contributed by atoms with Gasteiger partial charge < -0.3 is 20.7 Å². The van der Waals surface area contributed by atoms with Crippen LogP contribution in [0.25, 0.3) is 0 Å². The molecular weight excluding hydrogens is 226 g/mol. The second-order valence-corrected chi connectivity index (χ2v) is 3.86. The molecule has 0 aromatic heterocycles. The van der Waals surface area contributed by atoms with Crippen molar-refractivity contribution < 1.29 is 19.1 Å². The number of amides is 3. The predicted molar refractivity (Wildman–Crippen MR) is 58.8 cm³/mol. The number of nitrogens with one attached hydrogen (secondary N) is 1. The van der Waals surface area contributed by atoms with Gasteiger partial charge in [0.2, 0.25) is 17.7 Å². The lowest BCUT2D eigenvalue weighted by Gasteiger charge is -2.22. The first-order valence-electron chi connectivity index (χ1n) is 5.40. The van der Waals surface area contributed by atoms with Crippen molar-refractivity contribution in [3.8, 4) is 0 Å². The molecule has 1 aliphatic rings. The van der Waals surface area contributed by atoms with Crippen LogP contribution in [0.2, 0.25) is 0 Å². The lowest BCUT2D eigenvalue weighted by molar-refractivity contribution is -0.138. The molecule has 7 heteroatoms. The third-order valence-corrected chi connectivity index (χ3v) is 2.61. The van der Waals surface area contributed by atoms with Crippen molar-refractivity contribution in [2.45, 2.75) is 18.9 Å². The number of hydrogen-bond donors (Lipinski definition) is 2. The fraction of sp³-hybridized carbons (Fsp3) is 0.700. The fourth-order valence-electron chi connectivity index (χ4n) is 1.82. The van der Waals surface area contributed by atoms with E-state index in [0.717, 1.165) is 6.42 Å². The van der Waals surface area contributed by atoms with Gasteiger partial charge in [0, 0.05) is 13.7 Å². The van der Waals surface area contributed by atoms with Crippen molar-refractivity contribution in [2.75, 3.05) is 26.8 Å². The average molecular weight is 243 g/mol. The number of methoxy groups -OCH3 is 1. The molecule has 3 N–H and O–H groups in total. The Balaban J connectivity index is 2.42. The number of ether oxygens (including phenoxy) is 1. The van der Waals surface area contributed by atoms with Crippen molar-refractivity contribution in [2.24, 2.45) is 5.73 Å². The molecule has 1 atom stereocenters. The number of carbonyl (C=O) groups excluding carboxylic acids is 3. The molecule has 0 saturated carbocycles. The van der Waals surface area contributed by atoms with Crippen molar-refractivity contribution in [1.29, 1.82) is 0 Å². The number of primary amides is 1. The summed E-state index contributed by atoms with van der Waals surface area (Å²) in [7, 11) is 1.39. The van der Waals surface area contributed by atoms with Crippen LogP contribution in [0, 0.1) is 0 Å². The van der Waals surface area contributed by atoms with Crippen LogP contribution in [0.15, 0.2) is 0 Å². The van der Waals surface area contributed by atoms with Crippen molar-refractivity contribution in [3.05, 3.63) is 0 Å². The molecular formula is C10H17N3O4. The van der Waals surface area contributed by atoms with E-state index in [1.54, 1.807) is 0 Å². The van der Waals surface area contributed by atoms with E-state index in [-0.39, 0.29) is 25.0 Å². The van der Waals surface area contributed by atoms with E-state index in [2.05, 4.69) is 10.1 Å². The van der Waals surface area contributed by atoms with Crippen LogP contribution in [0.5, 0.6) is 0 Å². The summed E-state index contributed by atoms with van der Waals surface area (Å²) in [5.74, 6) is -1.16. The number of nitrogens with two attached hydrogens (primary N) is 1. The molecule has 3 amide bonds. The molecule has 1 rings (SSSR count). The van der Waals surface area contributed by atoms with E-state index in [4.69, 9.17) is 5.73 Å². The summed E-state index contributed by atoms with van der Waals surface area (Å²) in [6.45, 7) is 0.283. The average Bonchev–Trinajstić information content (AvgIpc) is 2.75. The first-order valence-corrected chi connectivity index (χ1v) is 5.40. The molecule has 1 unspecified atom stereocenters. The van der Waals surface area contributed by atoms with E-state index >= 15 is 0 Å². The molecule has 0 aromatic carbocycles. The SMILES string of the molecule is COCC(=O)NCC(=O)N1CCCC1C(N)=O. The van der Waals surface area contributed by atoms with Crippen LogP contribution in [0.3, 0.4) is 0 Å². The van der Waals surface area contributed by atoms with E-state index in [0.29, 0.717) is 13.0 Å². The van der Waals surface area contributed by atoms with Gasteiger partial charge in [0.05, 0.1) is 6.54 Å². The van der Waals surface area contributed by atoms with E-state index < -0.39 is 11.9 Å². The summed E-state index contributed by atoms with van der Waals surface area (Å²) in [4.78, 5) is 35.3. The molecule has 1 heterocycles. The Bertz CT molecular complexity index is 319. The fourth-order valence-corrected chi connectivity index (χ4v) is 1.82. The van der Waals surface area contributed by atoms with Gasteiger partial charge in [-0.2, -0.15) is 0 Å². The highest BCUT2D eigenvalue weighted by Crippen LogP contribution is 2.16. The molecule has 1 saturated heterocycles. The third kappa shape index (κ3) is 3.70. The number of hydrogen-bond acceptors (Lipinski definition) is 4. The van der Waals surface area contributed by atoms with Crippen LogP contribution < -0.4 is 11.1 Å². The normalized spacial score (nSPS) is 19.1. The molecule has 0 aromatic rings. The molecule has 96 valence electrons.